The molecule has 0 aromatic heterocycles. The molecule has 3 rings (SSSR count). The van der Waals surface area contributed by atoms with Crippen LogP contribution in [0.2, 0.25) is 10.0 Å². The van der Waals surface area contributed by atoms with Crippen LogP contribution in [-0.4, -0.2) is 42.8 Å². The Morgan fingerprint density at radius 3 is 2.70 bits per heavy atom. The summed E-state index contributed by atoms with van der Waals surface area (Å²) in [5, 5.41) is 19.9. The molecule has 6 nitrogen and oxygen atoms in total. The minimum atomic E-state index is -0.944. The number of amides is 2. The molecule has 30 heavy (non-hydrogen) atoms. The van der Waals surface area contributed by atoms with Crippen molar-refractivity contribution in [1.29, 1.82) is 0 Å². The van der Waals surface area contributed by atoms with Gasteiger partial charge in [0, 0.05) is 11.3 Å². The van der Waals surface area contributed by atoms with Gasteiger partial charge in [-0.05, 0) is 38.1 Å². The normalized spacial score (nSPS) is 18.1. The summed E-state index contributed by atoms with van der Waals surface area (Å²) >= 11 is 18.5. The number of carbonyl (C=O) groups is 1. The molecular formula is C19H17Cl2FN4O2S2. The molecule has 1 fully saturated rings. The highest BCUT2D eigenvalue weighted by Gasteiger charge is 2.50. The Balaban J connectivity index is 1.83. The van der Waals surface area contributed by atoms with Crippen molar-refractivity contribution in [2.24, 2.45) is 5.10 Å². The maximum Gasteiger partial charge on any atom is 0.347 e. The van der Waals surface area contributed by atoms with Crippen molar-refractivity contribution in [2.45, 2.75) is 24.8 Å². The minimum absolute atomic E-state index is 0.249. The highest BCUT2D eigenvalue weighted by molar-refractivity contribution is 8.24. The van der Waals surface area contributed by atoms with Crippen LogP contribution < -0.4 is 5.32 Å². The number of hydroxylamine groups is 2. The molecular weight excluding hydrogens is 470 g/mol. The summed E-state index contributed by atoms with van der Waals surface area (Å²) in [6, 6.07) is 9.82. The molecule has 1 aliphatic heterocycles. The van der Waals surface area contributed by atoms with Gasteiger partial charge >= 0.3 is 6.03 Å². The van der Waals surface area contributed by atoms with Gasteiger partial charge in [-0.15, -0.1) is 0 Å². The first kappa shape index (κ1) is 22.8. The van der Waals surface area contributed by atoms with E-state index in [-0.39, 0.29) is 10.6 Å². The van der Waals surface area contributed by atoms with Crippen molar-refractivity contribution in [2.75, 3.05) is 5.32 Å². The molecule has 2 aromatic rings. The van der Waals surface area contributed by atoms with E-state index in [1.54, 1.807) is 24.3 Å². The van der Waals surface area contributed by atoms with Gasteiger partial charge < -0.3 is 5.32 Å². The van der Waals surface area contributed by atoms with E-state index in [2.05, 4.69) is 10.4 Å². The maximum absolute atomic E-state index is 13.9. The summed E-state index contributed by atoms with van der Waals surface area (Å²) in [7, 11) is 0. The third kappa shape index (κ3) is 4.87. The van der Waals surface area contributed by atoms with Crippen molar-refractivity contribution in [3.63, 3.8) is 0 Å². The predicted octanol–water partition coefficient (Wildman–Crippen LogP) is 5.83. The summed E-state index contributed by atoms with van der Waals surface area (Å²) in [6.07, 6.45) is 0.349. The van der Waals surface area contributed by atoms with E-state index in [0.717, 1.165) is 0 Å². The zero-order chi connectivity index (χ0) is 22.1. The second-order valence-electron chi connectivity index (χ2n) is 6.86. The number of nitrogens with zero attached hydrogens (tertiary/aromatic N) is 3. The highest BCUT2D eigenvalue weighted by atomic mass is 35.5. The summed E-state index contributed by atoms with van der Waals surface area (Å²) in [5.74, 6) is -0.451. The van der Waals surface area contributed by atoms with Crippen LogP contribution in [0, 0.1) is 5.82 Å². The van der Waals surface area contributed by atoms with Gasteiger partial charge in [0.1, 0.15) is 5.82 Å². The van der Waals surface area contributed by atoms with Gasteiger partial charge in [-0.3, -0.25) is 5.21 Å². The molecule has 1 aliphatic rings. The van der Waals surface area contributed by atoms with Gasteiger partial charge in [0.2, 0.25) is 0 Å². The number of rotatable bonds is 4. The number of hydrogen-bond acceptors (Lipinski definition) is 5. The predicted molar refractivity (Wildman–Crippen MR) is 123 cm³/mol. The molecule has 2 N–H and O–H groups in total. The number of carbonyl (C=O) groups excluding carboxylic acids is 1. The van der Waals surface area contributed by atoms with Gasteiger partial charge in [-0.2, -0.15) is 10.2 Å². The topological polar surface area (TPSA) is 68.2 Å². The number of benzene rings is 2. The lowest BCUT2D eigenvalue weighted by molar-refractivity contribution is -0.114. The average Bonchev–Trinajstić information content (AvgIpc) is 2.91. The number of hydrazone groups is 1. The molecule has 2 amide bonds. The Bertz CT molecular complexity index is 1020. The molecule has 0 aliphatic carbocycles. The van der Waals surface area contributed by atoms with E-state index in [4.69, 9.17) is 35.4 Å². The largest absolute Gasteiger partial charge is 0.347 e. The zero-order valence-electron chi connectivity index (χ0n) is 15.8. The first-order valence-corrected chi connectivity index (χ1v) is 10.6. The van der Waals surface area contributed by atoms with Crippen molar-refractivity contribution < 1.29 is 14.4 Å². The quantitative estimate of drug-likeness (QED) is 0.246. The van der Waals surface area contributed by atoms with E-state index in [1.807, 2.05) is 13.8 Å². The molecule has 158 valence electrons. The number of thioether (sulfide) groups is 1. The lowest BCUT2D eigenvalue weighted by Crippen LogP contribution is -2.54. The lowest BCUT2D eigenvalue weighted by Gasteiger charge is -2.34. The fraction of sp³-hybridized carbons (Fsp3) is 0.211. The van der Waals surface area contributed by atoms with E-state index in [0.29, 0.717) is 20.1 Å². The third-order valence-corrected chi connectivity index (χ3v) is 6.50. The summed E-state index contributed by atoms with van der Waals surface area (Å²) in [5.41, 5.74) is 0.597. The summed E-state index contributed by atoms with van der Waals surface area (Å²) in [6.45, 7) is 3.62. The maximum atomic E-state index is 13.9. The van der Waals surface area contributed by atoms with Crippen molar-refractivity contribution in [1.82, 2.24) is 10.1 Å². The highest BCUT2D eigenvalue weighted by Crippen LogP contribution is 2.42. The Morgan fingerprint density at radius 1 is 1.33 bits per heavy atom. The number of halogens is 3. The van der Waals surface area contributed by atoms with E-state index < -0.39 is 22.8 Å². The third-order valence-electron chi connectivity index (χ3n) is 4.23. The fourth-order valence-electron chi connectivity index (χ4n) is 2.80. The number of anilines is 1. The van der Waals surface area contributed by atoms with Gasteiger partial charge in [0.15, 0.2) is 10.5 Å². The molecule has 11 heteroatoms. The van der Waals surface area contributed by atoms with Crippen LogP contribution >= 0.6 is 47.2 Å². The van der Waals surface area contributed by atoms with E-state index >= 15 is 0 Å². The Morgan fingerprint density at radius 2 is 2.03 bits per heavy atom. The van der Waals surface area contributed by atoms with Crippen LogP contribution in [0.3, 0.4) is 0 Å². The van der Waals surface area contributed by atoms with E-state index in [1.165, 1.54) is 41.2 Å². The van der Waals surface area contributed by atoms with E-state index in [9.17, 15) is 14.4 Å². The monoisotopic (exact) mass is 486 g/mol. The molecule has 1 saturated heterocycles. The van der Waals surface area contributed by atoms with Crippen LogP contribution in [0.4, 0.5) is 14.9 Å². The average molecular weight is 487 g/mol. The van der Waals surface area contributed by atoms with Crippen LogP contribution in [-0.2, 0) is 0 Å². The standard InChI is InChI=1S/C19H17Cl2FN4O2S2/c1-19(2)16(26(28)17(27)24-12-7-8-13(20)14(21)9-12)25(18(29)30-19)23-10-11-5-3-4-6-15(11)22/h3-10,16,28H,1-2H3,(H,24,27). The SMILES string of the molecule is CC1(C)SC(=S)N(N=Cc2ccccc2F)C1N(O)C(=O)Nc1ccc(Cl)c(Cl)c1. The Hall–Kier alpha value is -1.91. The van der Waals surface area contributed by atoms with Crippen LogP contribution in [0.15, 0.2) is 47.6 Å². The van der Waals surface area contributed by atoms with Gasteiger partial charge in [0.25, 0.3) is 0 Å². The smallest absolute Gasteiger partial charge is 0.306 e. The number of thiocarbonyl (C=S) groups is 1. The number of urea groups is 1. The van der Waals surface area contributed by atoms with Gasteiger partial charge in [-0.1, -0.05) is 65.4 Å². The molecule has 0 saturated carbocycles. The van der Waals surface area contributed by atoms with Crippen LogP contribution in [0.5, 0.6) is 0 Å². The minimum Gasteiger partial charge on any atom is -0.306 e. The van der Waals surface area contributed by atoms with Crippen LogP contribution in [0.25, 0.3) is 0 Å². The first-order valence-electron chi connectivity index (χ1n) is 8.65. The Kier molecular flexibility index (Phi) is 6.88. The molecule has 2 aromatic carbocycles. The van der Waals surface area contributed by atoms with Crippen LogP contribution in [0.1, 0.15) is 19.4 Å². The summed E-state index contributed by atoms with van der Waals surface area (Å²) < 4.78 is 13.5. The second-order valence-corrected chi connectivity index (χ2v) is 9.96. The summed E-state index contributed by atoms with van der Waals surface area (Å²) in [4.78, 5) is 12.7. The Labute approximate surface area is 192 Å². The van der Waals surface area contributed by atoms with Gasteiger partial charge in [-0.25, -0.2) is 14.2 Å². The van der Waals surface area contributed by atoms with Gasteiger partial charge in [0.05, 0.1) is 21.0 Å². The number of hydrogen-bond donors (Lipinski definition) is 2. The molecule has 0 radical (unpaired) electrons. The van der Waals surface area contributed by atoms with Crippen molar-refractivity contribution in [3.8, 4) is 0 Å². The molecule has 0 bridgehead atoms. The lowest BCUT2D eigenvalue weighted by atomic mass is 10.1. The zero-order valence-corrected chi connectivity index (χ0v) is 19.0. The second kappa shape index (κ2) is 9.07. The molecule has 0 spiro atoms. The number of nitrogens with one attached hydrogen (secondary N) is 1. The molecule has 1 heterocycles. The van der Waals surface area contributed by atoms with Crippen molar-refractivity contribution >= 4 is 69.4 Å². The molecule has 1 unspecified atom stereocenters. The first-order chi connectivity index (χ1) is 14.1. The molecule has 1 atom stereocenters. The van der Waals surface area contributed by atoms with Crippen molar-refractivity contribution in [3.05, 3.63) is 63.9 Å². The fourth-order valence-corrected chi connectivity index (χ4v) is 4.88.